The number of aliphatic hydroxyl groups is 1. The van der Waals surface area contributed by atoms with Crippen LogP contribution in [0.1, 0.15) is 11.1 Å². The third kappa shape index (κ3) is 5.53. The molecule has 1 N–H and O–H groups in total. The molecule has 1 aromatic carbocycles. The largest absolute Gasteiger partial charge is 0.490 e. The molecule has 0 aliphatic carbocycles. The van der Waals surface area contributed by atoms with Gasteiger partial charge in [-0.1, -0.05) is 18.2 Å². The lowest BCUT2D eigenvalue weighted by molar-refractivity contribution is 0.0470. The van der Waals surface area contributed by atoms with Crippen molar-refractivity contribution in [3.8, 4) is 5.75 Å². The molecule has 5 heteroatoms. The highest BCUT2D eigenvalue weighted by Gasteiger charge is 2.14. The van der Waals surface area contributed by atoms with Crippen molar-refractivity contribution < 1.29 is 18.6 Å². The van der Waals surface area contributed by atoms with E-state index in [0.717, 1.165) is 16.9 Å². The first-order valence-corrected chi connectivity index (χ1v) is 6.24. The maximum Gasteiger partial charge on any atom is 0.251 e. The highest BCUT2D eigenvalue weighted by Crippen LogP contribution is 2.22. The molecule has 0 heterocycles. The van der Waals surface area contributed by atoms with E-state index in [1.54, 1.807) is 7.05 Å². The van der Waals surface area contributed by atoms with Crippen molar-refractivity contribution >= 4 is 0 Å². The van der Waals surface area contributed by atoms with Crippen molar-refractivity contribution in [1.82, 2.24) is 4.90 Å². The summed E-state index contributed by atoms with van der Waals surface area (Å²) in [5.41, 5.74) is 1.99. The van der Waals surface area contributed by atoms with Crippen LogP contribution in [-0.4, -0.2) is 49.3 Å². The maximum atomic E-state index is 12.1. The fraction of sp³-hybridized carbons (Fsp3) is 0.571. The Kier molecular flexibility index (Phi) is 6.18. The van der Waals surface area contributed by atoms with Crippen LogP contribution in [0.3, 0.4) is 0 Å². The molecule has 0 fully saturated rings. The number of aryl methyl sites for hydroxylation is 2. The lowest BCUT2D eigenvalue weighted by Gasteiger charge is -2.21. The average molecular weight is 273 g/mol. The Morgan fingerprint density at radius 3 is 2.32 bits per heavy atom. The summed E-state index contributed by atoms with van der Waals surface area (Å²) >= 11 is 0. The van der Waals surface area contributed by atoms with E-state index in [1.807, 2.05) is 32.0 Å². The molecule has 1 aromatic rings. The first-order valence-electron chi connectivity index (χ1n) is 6.24. The van der Waals surface area contributed by atoms with Gasteiger partial charge in [-0.2, -0.15) is 0 Å². The van der Waals surface area contributed by atoms with Gasteiger partial charge in [-0.05, 0) is 32.0 Å². The smallest absolute Gasteiger partial charge is 0.251 e. The number of ether oxygens (including phenoxy) is 1. The van der Waals surface area contributed by atoms with Gasteiger partial charge in [-0.3, -0.25) is 4.90 Å². The fourth-order valence-electron chi connectivity index (χ4n) is 1.93. The summed E-state index contributed by atoms with van der Waals surface area (Å²) in [6, 6.07) is 5.79. The Morgan fingerprint density at radius 2 is 1.79 bits per heavy atom. The second-order valence-electron chi connectivity index (χ2n) is 4.80. The number of rotatable bonds is 7. The Hall–Kier alpha value is -1.20. The van der Waals surface area contributed by atoms with Gasteiger partial charge in [0, 0.05) is 6.54 Å². The number of benzene rings is 1. The fourth-order valence-corrected chi connectivity index (χ4v) is 1.93. The van der Waals surface area contributed by atoms with Crippen LogP contribution in [0.2, 0.25) is 0 Å². The minimum Gasteiger partial charge on any atom is -0.490 e. The molecule has 0 aliphatic heterocycles. The van der Waals surface area contributed by atoms with E-state index in [0.29, 0.717) is 0 Å². The minimum atomic E-state index is -2.39. The van der Waals surface area contributed by atoms with E-state index in [9.17, 15) is 13.9 Å². The molecule has 0 radical (unpaired) electrons. The standard InChI is InChI=1S/C14H21F2NO2/c1-10-5-4-6-11(2)14(10)19-9-12(18)7-17(3)8-13(15)16/h4-6,12-13,18H,7-9H2,1-3H3. The molecule has 0 saturated carbocycles. The molecular formula is C14H21F2NO2. The number of halogens is 2. The SMILES string of the molecule is Cc1cccc(C)c1OCC(O)CN(C)CC(F)F. The highest BCUT2D eigenvalue weighted by molar-refractivity contribution is 5.39. The quantitative estimate of drug-likeness (QED) is 0.827. The van der Waals surface area contributed by atoms with Crippen LogP contribution in [0.15, 0.2) is 18.2 Å². The van der Waals surface area contributed by atoms with Crippen LogP contribution >= 0.6 is 0 Å². The minimum absolute atomic E-state index is 0.0965. The monoisotopic (exact) mass is 273 g/mol. The van der Waals surface area contributed by atoms with Crippen molar-refractivity contribution in [3.05, 3.63) is 29.3 Å². The van der Waals surface area contributed by atoms with E-state index in [-0.39, 0.29) is 19.7 Å². The lowest BCUT2D eigenvalue weighted by atomic mass is 10.1. The zero-order valence-electron chi connectivity index (χ0n) is 11.6. The molecule has 1 atom stereocenters. The molecular weight excluding hydrogens is 252 g/mol. The van der Waals surface area contributed by atoms with Crippen molar-refractivity contribution in [1.29, 1.82) is 0 Å². The first kappa shape index (κ1) is 15.9. The maximum absolute atomic E-state index is 12.1. The number of alkyl halides is 2. The van der Waals surface area contributed by atoms with E-state index in [2.05, 4.69) is 0 Å². The molecule has 0 spiro atoms. The van der Waals surface area contributed by atoms with E-state index in [4.69, 9.17) is 4.74 Å². The predicted octanol–water partition coefficient (Wildman–Crippen LogP) is 2.24. The van der Waals surface area contributed by atoms with Crippen molar-refractivity contribution in [2.75, 3.05) is 26.7 Å². The Morgan fingerprint density at radius 1 is 1.21 bits per heavy atom. The van der Waals surface area contributed by atoms with Gasteiger partial charge >= 0.3 is 0 Å². The Balaban J connectivity index is 2.44. The summed E-state index contributed by atoms with van der Waals surface area (Å²) in [7, 11) is 1.55. The molecule has 0 bridgehead atoms. The lowest BCUT2D eigenvalue weighted by Crippen LogP contribution is -2.35. The molecule has 1 rings (SSSR count). The molecule has 0 saturated heterocycles. The molecule has 1 unspecified atom stereocenters. The van der Waals surface area contributed by atoms with Gasteiger partial charge in [-0.15, -0.1) is 0 Å². The molecule has 19 heavy (non-hydrogen) atoms. The normalized spacial score (nSPS) is 13.1. The topological polar surface area (TPSA) is 32.7 Å². The van der Waals surface area contributed by atoms with Gasteiger partial charge in [0.25, 0.3) is 6.43 Å². The van der Waals surface area contributed by atoms with Gasteiger partial charge in [0.1, 0.15) is 18.5 Å². The summed E-state index contributed by atoms with van der Waals surface area (Å²) in [6.45, 7) is 3.77. The van der Waals surface area contributed by atoms with Crippen LogP contribution < -0.4 is 4.74 Å². The number of nitrogens with zero attached hydrogens (tertiary/aromatic N) is 1. The van der Waals surface area contributed by atoms with Gasteiger partial charge in [0.05, 0.1) is 6.54 Å². The summed E-state index contributed by atoms with van der Waals surface area (Å²) in [4.78, 5) is 1.39. The third-order valence-electron chi connectivity index (χ3n) is 2.80. The highest BCUT2D eigenvalue weighted by atomic mass is 19.3. The molecule has 108 valence electrons. The summed E-state index contributed by atoms with van der Waals surface area (Å²) in [5.74, 6) is 0.748. The second kappa shape index (κ2) is 7.40. The average Bonchev–Trinajstić information content (AvgIpc) is 2.26. The summed E-state index contributed by atoms with van der Waals surface area (Å²) in [6.07, 6.45) is -3.18. The number of likely N-dealkylation sites (N-methyl/N-ethyl adjacent to an activating group) is 1. The number of aliphatic hydroxyl groups excluding tert-OH is 1. The van der Waals surface area contributed by atoms with Gasteiger partial charge < -0.3 is 9.84 Å². The number of hydrogen-bond donors (Lipinski definition) is 1. The van der Waals surface area contributed by atoms with Crippen LogP contribution in [0.4, 0.5) is 8.78 Å². The van der Waals surface area contributed by atoms with Crippen molar-refractivity contribution in [3.63, 3.8) is 0 Å². The Labute approximate surface area is 112 Å². The van der Waals surface area contributed by atoms with Crippen LogP contribution in [0, 0.1) is 13.8 Å². The van der Waals surface area contributed by atoms with E-state index >= 15 is 0 Å². The Bertz CT molecular complexity index is 379. The van der Waals surface area contributed by atoms with Gasteiger partial charge in [-0.25, -0.2) is 8.78 Å². The molecule has 0 amide bonds. The summed E-state index contributed by atoms with van der Waals surface area (Å²) < 4.78 is 29.8. The van der Waals surface area contributed by atoms with Crippen LogP contribution in [0.25, 0.3) is 0 Å². The zero-order valence-corrected chi connectivity index (χ0v) is 11.6. The molecule has 0 aromatic heterocycles. The van der Waals surface area contributed by atoms with Gasteiger partial charge in [0.2, 0.25) is 0 Å². The molecule has 0 aliphatic rings. The van der Waals surface area contributed by atoms with E-state index < -0.39 is 12.5 Å². The molecule has 3 nitrogen and oxygen atoms in total. The zero-order chi connectivity index (χ0) is 14.4. The third-order valence-corrected chi connectivity index (χ3v) is 2.80. The van der Waals surface area contributed by atoms with Crippen molar-refractivity contribution in [2.45, 2.75) is 26.4 Å². The number of para-hydroxylation sites is 1. The summed E-state index contributed by atoms with van der Waals surface area (Å²) in [5, 5.41) is 9.76. The predicted molar refractivity (Wildman–Crippen MR) is 70.9 cm³/mol. The van der Waals surface area contributed by atoms with E-state index in [1.165, 1.54) is 4.90 Å². The van der Waals surface area contributed by atoms with Gasteiger partial charge in [0.15, 0.2) is 0 Å². The number of hydrogen-bond acceptors (Lipinski definition) is 3. The van der Waals surface area contributed by atoms with Crippen molar-refractivity contribution in [2.24, 2.45) is 0 Å². The van der Waals surface area contributed by atoms with Crippen LogP contribution in [0.5, 0.6) is 5.75 Å². The van der Waals surface area contributed by atoms with Crippen LogP contribution in [-0.2, 0) is 0 Å². The first-order chi connectivity index (χ1) is 8.90. The second-order valence-corrected chi connectivity index (χ2v) is 4.80.